The van der Waals surface area contributed by atoms with Crippen LogP contribution in [0.25, 0.3) is 0 Å². The summed E-state index contributed by atoms with van der Waals surface area (Å²) in [4.78, 5) is 0. The van der Waals surface area contributed by atoms with Gasteiger partial charge in [0.25, 0.3) is 0 Å². The lowest BCUT2D eigenvalue weighted by atomic mass is 9.94. The van der Waals surface area contributed by atoms with Gasteiger partial charge in [-0.1, -0.05) is 35.3 Å². The van der Waals surface area contributed by atoms with Crippen LogP contribution in [0.5, 0.6) is 0 Å². The summed E-state index contributed by atoms with van der Waals surface area (Å²) in [5.41, 5.74) is 7.03. The molecule has 0 bridgehead atoms. The average Bonchev–Trinajstić information content (AvgIpc) is 2.74. The monoisotopic (exact) mass is 275 g/mol. The number of hydrogen-bond acceptors (Lipinski definition) is 2. The average molecular weight is 276 g/mol. The van der Waals surface area contributed by atoms with Crippen molar-refractivity contribution < 1.29 is 0 Å². The number of hydrogen-bond donors (Lipinski definition) is 1. The molecule has 0 radical (unpaired) electrons. The first kappa shape index (κ1) is 12.6. The molecule has 1 heterocycles. The zero-order valence-corrected chi connectivity index (χ0v) is 11.3. The smallest absolute Gasteiger partial charge is 0.0624 e. The molecule has 1 aliphatic rings. The van der Waals surface area contributed by atoms with Crippen molar-refractivity contribution in [3.05, 3.63) is 33.8 Å². The van der Waals surface area contributed by atoms with Crippen molar-refractivity contribution >= 4 is 35.0 Å². The molecule has 1 aromatic rings. The fourth-order valence-electron chi connectivity index (χ4n) is 2.16. The highest BCUT2D eigenvalue weighted by Gasteiger charge is 2.34. The normalized spacial score (nSPS) is 24.9. The Morgan fingerprint density at radius 3 is 2.81 bits per heavy atom. The van der Waals surface area contributed by atoms with Gasteiger partial charge < -0.3 is 5.73 Å². The molecule has 0 saturated carbocycles. The zero-order chi connectivity index (χ0) is 11.6. The van der Waals surface area contributed by atoms with Gasteiger partial charge in [-0.3, -0.25) is 0 Å². The van der Waals surface area contributed by atoms with E-state index in [0.717, 1.165) is 12.0 Å². The van der Waals surface area contributed by atoms with Crippen molar-refractivity contribution in [2.75, 3.05) is 12.3 Å². The van der Waals surface area contributed by atoms with E-state index in [1.165, 1.54) is 18.6 Å². The van der Waals surface area contributed by atoms with Gasteiger partial charge in [0.1, 0.15) is 0 Å². The fraction of sp³-hybridized carbons (Fsp3) is 0.500. The molecule has 2 rings (SSSR count). The van der Waals surface area contributed by atoms with Crippen LogP contribution < -0.4 is 5.73 Å². The van der Waals surface area contributed by atoms with Crippen LogP contribution in [0, 0.1) is 0 Å². The van der Waals surface area contributed by atoms with E-state index in [1.807, 2.05) is 30.0 Å². The number of thioether (sulfide) groups is 1. The quantitative estimate of drug-likeness (QED) is 0.909. The second-order valence-electron chi connectivity index (χ2n) is 4.23. The largest absolute Gasteiger partial charge is 0.329 e. The van der Waals surface area contributed by atoms with Crippen molar-refractivity contribution in [3.63, 3.8) is 0 Å². The van der Waals surface area contributed by atoms with Crippen LogP contribution in [0.3, 0.4) is 0 Å². The summed E-state index contributed by atoms with van der Waals surface area (Å²) in [7, 11) is 0. The van der Waals surface area contributed by atoms with Crippen molar-refractivity contribution in [2.24, 2.45) is 5.73 Å². The molecule has 4 heteroatoms. The van der Waals surface area contributed by atoms with E-state index in [2.05, 4.69) is 0 Å². The van der Waals surface area contributed by atoms with Gasteiger partial charge in [0.2, 0.25) is 0 Å². The van der Waals surface area contributed by atoms with Crippen LogP contribution in [-0.2, 0) is 6.42 Å². The van der Waals surface area contributed by atoms with Gasteiger partial charge in [-0.25, -0.2) is 0 Å². The molecule has 1 atom stereocenters. The maximum atomic E-state index is 6.21. The van der Waals surface area contributed by atoms with Crippen molar-refractivity contribution in [1.29, 1.82) is 0 Å². The number of benzene rings is 1. The van der Waals surface area contributed by atoms with Crippen molar-refractivity contribution in [2.45, 2.75) is 24.0 Å². The maximum absolute atomic E-state index is 6.21. The summed E-state index contributed by atoms with van der Waals surface area (Å²) in [6, 6.07) is 5.82. The van der Waals surface area contributed by atoms with Crippen molar-refractivity contribution in [3.8, 4) is 0 Å². The lowest BCUT2D eigenvalue weighted by Gasteiger charge is -2.26. The van der Waals surface area contributed by atoms with Crippen LogP contribution in [-0.4, -0.2) is 17.0 Å². The summed E-state index contributed by atoms with van der Waals surface area (Å²) in [5.74, 6) is 1.20. The molecule has 1 saturated heterocycles. The third-order valence-electron chi connectivity index (χ3n) is 3.10. The summed E-state index contributed by atoms with van der Waals surface area (Å²) >= 11 is 14.2. The van der Waals surface area contributed by atoms with Gasteiger partial charge in [0, 0.05) is 11.3 Å². The van der Waals surface area contributed by atoms with Crippen LogP contribution in [0.4, 0.5) is 0 Å². The highest BCUT2D eigenvalue weighted by Crippen LogP contribution is 2.41. The minimum Gasteiger partial charge on any atom is -0.329 e. The Balaban J connectivity index is 2.22. The molecular formula is C12H15Cl2NS. The van der Waals surface area contributed by atoms with Crippen LogP contribution in [0.1, 0.15) is 18.4 Å². The van der Waals surface area contributed by atoms with Gasteiger partial charge in [0.05, 0.1) is 10.0 Å². The standard InChI is InChI=1S/C12H15Cl2NS/c13-10-4-1-3-9(11(10)14)7-12(8-15)5-2-6-16-12/h1,3-4H,2,5-8,15H2. The van der Waals surface area contributed by atoms with E-state index in [9.17, 15) is 0 Å². The van der Waals surface area contributed by atoms with Gasteiger partial charge in [-0.05, 0) is 36.6 Å². The highest BCUT2D eigenvalue weighted by atomic mass is 35.5. The Bertz CT molecular complexity index is 375. The molecule has 0 spiro atoms. The summed E-state index contributed by atoms with van der Waals surface area (Å²) < 4.78 is 0.175. The van der Waals surface area contributed by atoms with E-state index in [1.54, 1.807) is 0 Å². The predicted molar refractivity (Wildman–Crippen MR) is 73.6 cm³/mol. The second-order valence-corrected chi connectivity index (χ2v) is 6.58. The Kier molecular flexibility index (Phi) is 4.06. The number of nitrogens with two attached hydrogens (primary N) is 1. The van der Waals surface area contributed by atoms with Gasteiger partial charge in [-0.2, -0.15) is 11.8 Å². The van der Waals surface area contributed by atoms with E-state index in [0.29, 0.717) is 16.6 Å². The highest BCUT2D eigenvalue weighted by molar-refractivity contribution is 8.00. The maximum Gasteiger partial charge on any atom is 0.0624 e. The molecule has 1 aliphatic heterocycles. The van der Waals surface area contributed by atoms with Crippen LogP contribution in [0.2, 0.25) is 10.0 Å². The van der Waals surface area contributed by atoms with Crippen LogP contribution in [0.15, 0.2) is 18.2 Å². The van der Waals surface area contributed by atoms with Gasteiger partial charge in [0.15, 0.2) is 0 Å². The second kappa shape index (κ2) is 5.18. The number of rotatable bonds is 3. The molecular weight excluding hydrogens is 261 g/mol. The fourth-order valence-corrected chi connectivity index (χ4v) is 3.93. The van der Waals surface area contributed by atoms with E-state index in [-0.39, 0.29) is 4.75 Å². The zero-order valence-electron chi connectivity index (χ0n) is 9.01. The number of halogens is 2. The summed E-state index contributed by atoms with van der Waals surface area (Å²) in [5, 5.41) is 1.32. The minimum absolute atomic E-state index is 0.175. The predicted octanol–water partition coefficient (Wildman–Crippen LogP) is 3.76. The summed E-state index contributed by atoms with van der Waals surface area (Å²) in [6.07, 6.45) is 3.35. The Morgan fingerprint density at radius 1 is 1.38 bits per heavy atom. The first-order valence-electron chi connectivity index (χ1n) is 5.44. The molecule has 1 aromatic carbocycles. The van der Waals surface area contributed by atoms with Gasteiger partial charge >= 0.3 is 0 Å². The Hall–Kier alpha value is 0.110. The lowest BCUT2D eigenvalue weighted by molar-refractivity contribution is 0.565. The molecule has 88 valence electrons. The molecule has 16 heavy (non-hydrogen) atoms. The van der Waals surface area contributed by atoms with E-state index >= 15 is 0 Å². The molecule has 1 fully saturated rings. The van der Waals surface area contributed by atoms with E-state index in [4.69, 9.17) is 28.9 Å². The summed E-state index contributed by atoms with van der Waals surface area (Å²) in [6.45, 7) is 0.709. The Labute approximate surface area is 111 Å². The minimum atomic E-state index is 0.175. The SMILES string of the molecule is NCC1(Cc2cccc(Cl)c2Cl)CCCS1. The third-order valence-corrected chi connectivity index (χ3v) is 5.58. The third kappa shape index (κ3) is 2.51. The Morgan fingerprint density at radius 2 is 2.19 bits per heavy atom. The first-order chi connectivity index (χ1) is 7.67. The van der Waals surface area contributed by atoms with E-state index < -0.39 is 0 Å². The first-order valence-corrected chi connectivity index (χ1v) is 7.18. The topological polar surface area (TPSA) is 26.0 Å². The van der Waals surface area contributed by atoms with Gasteiger partial charge in [-0.15, -0.1) is 0 Å². The lowest BCUT2D eigenvalue weighted by Crippen LogP contribution is -2.34. The molecule has 0 amide bonds. The molecule has 0 aromatic heterocycles. The van der Waals surface area contributed by atoms with Crippen LogP contribution >= 0.6 is 35.0 Å². The molecule has 0 aliphatic carbocycles. The molecule has 1 nitrogen and oxygen atoms in total. The molecule has 2 N–H and O–H groups in total. The van der Waals surface area contributed by atoms with Crippen molar-refractivity contribution in [1.82, 2.24) is 0 Å². The molecule has 1 unspecified atom stereocenters.